The van der Waals surface area contributed by atoms with E-state index in [1.807, 2.05) is 19.1 Å². The summed E-state index contributed by atoms with van der Waals surface area (Å²) in [5.74, 6) is 0.200. The molecule has 1 fully saturated rings. The lowest BCUT2D eigenvalue weighted by atomic mass is 10.1. The van der Waals surface area contributed by atoms with E-state index in [0.717, 1.165) is 30.5 Å². The summed E-state index contributed by atoms with van der Waals surface area (Å²) in [6, 6.07) is 6.23. The molecular formula is C13H17IN2O. The van der Waals surface area contributed by atoms with Gasteiger partial charge >= 0.3 is 0 Å². The van der Waals surface area contributed by atoms with Gasteiger partial charge in [0, 0.05) is 21.2 Å². The maximum Gasteiger partial charge on any atom is 0.227 e. The molecule has 0 radical (unpaired) electrons. The standard InChI is InChI=1S/C13H17IN2O/c1-8-6-10(14)3-5-12(8)16-13(17)9-2-4-11(15)7-9/h3,5-6,9,11H,2,4,7,15H2,1H3,(H,16,17). The van der Waals surface area contributed by atoms with Crippen LogP contribution in [0.5, 0.6) is 0 Å². The van der Waals surface area contributed by atoms with Crippen molar-refractivity contribution in [2.24, 2.45) is 11.7 Å². The first-order chi connectivity index (χ1) is 8.06. The summed E-state index contributed by atoms with van der Waals surface area (Å²) in [6.07, 6.45) is 2.69. The van der Waals surface area contributed by atoms with Crippen LogP contribution in [0.25, 0.3) is 0 Å². The lowest BCUT2D eigenvalue weighted by Crippen LogP contribution is -2.23. The Kier molecular flexibility index (Phi) is 4.04. The van der Waals surface area contributed by atoms with Crippen molar-refractivity contribution in [2.75, 3.05) is 5.32 Å². The number of hydrogen-bond donors (Lipinski definition) is 2. The Morgan fingerprint density at radius 3 is 2.82 bits per heavy atom. The van der Waals surface area contributed by atoms with Gasteiger partial charge in [-0.2, -0.15) is 0 Å². The number of benzene rings is 1. The van der Waals surface area contributed by atoms with Gasteiger partial charge in [0.1, 0.15) is 0 Å². The van der Waals surface area contributed by atoms with Crippen LogP contribution in [0.3, 0.4) is 0 Å². The van der Waals surface area contributed by atoms with E-state index in [4.69, 9.17) is 5.73 Å². The molecule has 1 saturated carbocycles. The minimum Gasteiger partial charge on any atom is -0.328 e. The van der Waals surface area contributed by atoms with Crippen molar-refractivity contribution >= 4 is 34.2 Å². The third-order valence-electron chi connectivity index (χ3n) is 3.29. The van der Waals surface area contributed by atoms with Crippen LogP contribution in [0.1, 0.15) is 24.8 Å². The number of rotatable bonds is 2. The Bertz CT molecular complexity index is 433. The van der Waals surface area contributed by atoms with Crippen molar-refractivity contribution < 1.29 is 4.79 Å². The van der Waals surface area contributed by atoms with Crippen molar-refractivity contribution in [1.29, 1.82) is 0 Å². The predicted molar refractivity (Wildman–Crippen MR) is 77.8 cm³/mol. The van der Waals surface area contributed by atoms with E-state index >= 15 is 0 Å². The zero-order chi connectivity index (χ0) is 12.4. The van der Waals surface area contributed by atoms with Gasteiger partial charge in [0.05, 0.1) is 0 Å². The van der Waals surface area contributed by atoms with Gasteiger partial charge in [-0.3, -0.25) is 4.79 Å². The average molecular weight is 344 g/mol. The fourth-order valence-electron chi connectivity index (χ4n) is 2.26. The number of aryl methyl sites for hydroxylation is 1. The lowest BCUT2D eigenvalue weighted by Gasteiger charge is -2.12. The second kappa shape index (κ2) is 5.35. The summed E-state index contributed by atoms with van der Waals surface area (Å²) < 4.78 is 1.18. The van der Waals surface area contributed by atoms with Crippen LogP contribution in [0.2, 0.25) is 0 Å². The molecule has 3 N–H and O–H groups in total. The molecule has 0 aliphatic heterocycles. The molecule has 1 aromatic rings. The predicted octanol–water partition coefficient (Wildman–Crippen LogP) is 2.67. The van der Waals surface area contributed by atoms with Crippen molar-refractivity contribution in [3.8, 4) is 0 Å². The quantitative estimate of drug-likeness (QED) is 0.811. The van der Waals surface area contributed by atoms with Gasteiger partial charge in [-0.05, 0) is 72.5 Å². The van der Waals surface area contributed by atoms with Gasteiger partial charge in [-0.15, -0.1) is 0 Å². The fourth-order valence-corrected chi connectivity index (χ4v) is 2.90. The Hall–Kier alpha value is -0.620. The largest absolute Gasteiger partial charge is 0.328 e. The van der Waals surface area contributed by atoms with E-state index < -0.39 is 0 Å². The van der Waals surface area contributed by atoms with E-state index in [9.17, 15) is 4.79 Å². The molecule has 0 spiro atoms. The Morgan fingerprint density at radius 2 is 2.24 bits per heavy atom. The van der Waals surface area contributed by atoms with Gasteiger partial charge in [0.25, 0.3) is 0 Å². The highest BCUT2D eigenvalue weighted by Crippen LogP contribution is 2.26. The number of nitrogens with one attached hydrogen (secondary N) is 1. The molecule has 1 aromatic carbocycles. The molecule has 92 valence electrons. The second-order valence-electron chi connectivity index (χ2n) is 4.72. The number of halogens is 1. The Balaban J connectivity index is 2.03. The highest BCUT2D eigenvalue weighted by molar-refractivity contribution is 14.1. The SMILES string of the molecule is Cc1cc(I)ccc1NC(=O)C1CCC(N)C1. The summed E-state index contributed by atoms with van der Waals surface area (Å²) >= 11 is 2.27. The van der Waals surface area contributed by atoms with E-state index in [-0.39, 0.29) is 17.9 Å². The first kappa shape index (κ1) is 12.8. The number of amides is 1. The van der Waals surface area contributed by atoms with Crippen LogP contribution >= 0.6 is 22.6 Å². The lowest BCUT2D eigenvalue weighted by molar-refractivity contribution is -0.119. The fraction of sp³-hybridized carbons (Fsp3) is 0.462. The normalized spacial score (nSPS) is 23.7. The molecule has 0 saturated heterocycles. The van der Waals surface area contributed by atoms with E-state index in [0.29, 0.717) is 0 Å². The smallest absolute Gasteiger partial charge is 0.227 e. The van der Waals surface area contributed by atoms with Gasteiger partial charge in [-0.1, -0.05) is 0 Å². The van der Waals surface area contributed by atoms with E-state index in [1.165, 1.54) is 3.57 Å². The molecule has 3 nitrogen and oxygen atoms in total. The maximum absolute atomic E-state index is 12.0. The average Bonchev–Trinajstić information content (AvgIpc) is 2.69. The van der Waals surface area contributed by atoms with Crippen molar-refractivity contribution in [3.05, 3.63) is 27.3 Å². The number of carbonyl (C=O) groups is 1. The van der Waals surface area contributed by atoms with Crippen LogP contribution in [-0.2, 0) is 4.79 Å². The van der Waals surface area contributed by atoms with Crippen LogP contribution in [0, 0.1) is 16.4 Å². The molecule has 0 bridgehead atoms. The van der Waals surface area contributed by atoms with Crippen LogP contribution in [0.15, 0.2) is 18.2 Å². The number of anilines is 1. The highest BCUT2D eigenvalue weighted by atomic mass is 127. The third kappa shape index (κ3) is 3.19. The molecule has 17 heavy (non-hydrogen) atoms. The van der Waals surface area contributed by atoms with Crippen molar-refractivity contribution in [2.45, 2.75) is 32.2 Å². The van der Waals surface area contributed by atoms with Crippen LogP contribution in [-0.4, -0.2) is 11.9 Å². The number of nitrogens with two attached hydrogens (primary N) is 1. The van der Waals surface area contributed by atoms with Crippen molar-refractivity contribution in [1.82, 2.24) is 0 Å². The summed E-state index contributed by atoms with van der Waals surface area (Å²) in [4.78, 5) is 12.0. The summed E-state index contributed by atoms with van der Waals surface area (Å²) in [6.45, 7) is 2.01. The van der Waals surface area contributed by atoms with Gasteiger partial charge in [-0.25, -0.2) is 0 Å². The molecule has 2 rings (SSSR count). The minimum atomic E-state index is 0.0867. The molecule has 0 heterocycles. The monoisotopic (exact) mass is 344 g/mol. The second-order valence-corrected chi connectivity index (χ2v) is 5.96. The minimum absolute atomic E-state index is 0.0867. The van der Waals surface area contributed by atoms with Crippen molar-refractivity contribution in [3.63, 3.8) is 0 Å². The molecule has 1 amide bonds. The molecule has 2 unspecified atom stereocenters. The number of hydrogen-bond acceptors (Lipinski definition) is 2. The van der Waals surface area contributed by atoms with Crippen LogP contribution in [0.4, 0.5) is 5.69 Å². The van der Waals surface area contributed by atoms with Gasteiger partial charge < -0.3 is 11.1 Å². The molecule has 1 aliphatic carbocycles. The first-order valence-corrected chi connectivity index (χ1v) is 6.96. The van der Waals surface area contributed by atoms with E-state index in [1.54, 1.807) is 0 Å². The van der Waals surface area contributed by atoms with E-state index in [2.05, 4.69) is 34.0 Å². The topological polar surface area (TPSA) is 55.1 Å². The Morgan fingerprint density at radius 1 is 1.47 bits per heavy atom. The van der Waals surface area contributed by atoms with Gasteiger partial charge in [0.15, 0.2) is 0 Å². The Labute approximate surface area is 115 Å². The number of carbonyl (C=O) groups excluding carboxylic acids is 1. The summed E-state index contributed by atoms with van der Waals surface area (Å²) in [5.41, 5.74) is 7.84. The molecule has 4 heteroatoms. The molecular weight excluding hydrogens is 327 g/mol. The zero-order valence-electron chi connectivity index (χ0n) is 9.87. The highest BCUT2D eigenvalue weighted by Gasteiger charge is 2.27. The first-order valence-electron chi connectivity index (χ1n) is 5.89. The molecule has 2 atom stereocenters. The zero-order valence-corrected chi connectivity index (χ0v) is 12.0. The van der Waals surface area contributed by atoms with Crippen LogP contribution < -0.4 is 11.1 Å². The summed E-state index contributed by atoms with van der Waals surface area (Å²) in [7, 11) is 0. The maximum atomic E-state index is 12.0. The summed E-state index contributed by atoms with van der Waals surface area (Å²) in [5, 5.41) is 3.00. The third-order valence-corrected chi connectivity index (χ3v) is 3.96. The van der Waals surface area contributed by atoms with Gasteiger partial charge in [0.2, 0.25) is 5.91 Å². The molecule has 0 aromatic heterocycles. The molecule has 1 aliphatic rings.